The zero-order valence-corrected chi connectivity index (χ0v) is 30.1. The molecule has 0 rings (SSSR count). The van der Waals surface area contributed by atoms with Crippen molar-refractivity contribution in [3.05, 3.63) is 0 Å². The van der Waals surface area contributed by atoms with Crippen molar-refractivity contribution in [1.82, 2.24) is 0 Å². The van der Waals surface area contributed by atoms with Gasteiger partial charge in [0, 0.05) is 0 Å². The van der Waals surface area contributed by atoms with Gasteiger partial charge in [-0.3, -0.25) is 4.57 Å². The lowest BCUT2D eigenvalue weighted by molar-refractivity contribution is -0.873. The number of quaternary nitrogens is 1. The Morgan fingerprint density at radius 3 is 1.05 bits per heavy atom. The van der Waals surface area contributed by atoms with Crippen LogP contribution in [0.3, 0.4) is 0 Å². The molecule has 0 bridgehead atoms. The van der Waals surface area contributed by atoms with Crippen LogP contribution in [0.1, 0.15) is 194 Å². The highest BCUT2D eigenvalue weighted by Crippen LogP contribution is 2.38. The average molecular weight is 618 g/mol. The van der Waals surface area contributed by atoms with Crippen LogP contribution in [-0.2, 0) is 9.09 Å². The average Bonchev–Trinajstić information content (AvgIpc) is 2.90. The van der Waals surface area contributed by atoms with Crippen LogP contribution < -0.4 is 4.89 Å². The van der Waals surface area contributed by atoms with Crippen molar-refractivity contribution in [3.8, 4) is 0 Å². The first kappa shape index (κ1) is 42.1. The molecule has 0 aliphatic heterocycles. The highest BCUT2D eigenvalue weighted by molar-refractivity contribution is 7.44. The molecule has 0 aromatic heterocycles. The van der Waals surface area contributed by atoms with Gasteiger partial charge in [0.25, 0.3) is 7.82 Å². The minimum absolute atomic E-state index is 0.178. The summed E-state index contributed by atoms with van der Waals surface area (Å²) < 4.78 is 17.7. The van der Waals surface area contributed by atoms with Crippen molar-refractivity contribution < 1.29 is 23.4 Å². The van der Waals surface area contributed by atoms with Gasteiger partial charge < -0.3 is 18.8 Å². The van der Waals surface area contributed by atoms with E-state index in [1.165, 1.54) is 154 Å². The van der Waals surface area contributed by atoms with Crippen LogP contribution in [-0.4, -0.2) is 43.2 Å². The number of phosphoric acid groups is 1. The maximum Gasteiger partial charge on any atom is 0.265 e. The summed E-state index contributed by atoms with van der Waals surface area (Å²) in [5, 5.41) is 0. The molecule has 0 amide bonds. The first-order valence-corrected chi connectivity index (χ1v) is 20.1. The quantitative estimate of drug-likeness (QED) is 0.0452. The molecule has 0 heterocycles. The van der Waals surface area contributed by atoms with E-state index < -0.39 is 13.9 Å². The Morgan fingerprint density at radius 2 is 0.810 bits per heavy atom. The molecule has 0 aromatic carbocycles. The smallest absolute Gasteiger partial charge is 0.265 e. The van der Waals surface area contributed by atoms with Crippen LogP contribution in [0.2, 0.25) is 0 Å². The summed E-state index contributed by atoms with van der Waals surface area (Å²) in [7, 11) is 1.43. The molecule has 0 radical (unpaired) electrons. The minimum Gasteiger partial charge on any atom is -0.756 e. The predicted molar refractivity (Wildman–Crippen MR) is 182 cm³/mol. The van der Waals surface area contributed by atoms with Crippen LogP contribution in [0.4, 0.5) is 0 Å². The van der Waals surface area contributed by atoms with Gasteiger partial charge in [0.1, 0.15) is 12.6 Å². The molecule has 42 heavy (non-hydrogen) atoms. The fourth-order valence-electron chi connectivity index (χ4n) is 6.34. The Kier molecular flexibility index (Phi) is 28.6. The molecule has 0 saturated carbocycles. The molecule has 0 fully saturated rings. The monoisotopic (exact) mass is 618 g/mol. The second kappa shape index (κ2) is 28.5. The van der Waals surface area contributed by atoms with Gasteiger partial charge in [0.15, 0.2) is 0 Å². The standard InChI is InChI=1S/C36H76NO4P/c1-6-8-10-12-14-16-18-20-22-24-26-28-30-32-35(36(34-37(3,4)5)41-42(38,39)40)33-31-29-27-25-23-21-19-17-15-13-11-9-7-2/h35-36H,6-34H2,1-5H3,(H-,38,39,40). The van der Waals surface area contributed by atoms with Crippen molar-refractivity contribution in [1.29, 1.82) is 0 Å². The van der Waals surface area contributed by atoms with Gasteiger partial charge in [-0.2, -0.15) is 0 Å². The third-order valence-corrected chi connectivity index (χ3v) is 9.42. The number of phosphoric ester groups is 1. The maximum atomic E-state index is 11.8. The van der Waals surface area contributed by atoms with E-state index in [0.29, 0.717) is 11.0 Å². The van der Waals surface area contributed by atoms with Gasteiger partial charge in [-0.05, 0) is 18.8 Å². The van der Waals surface area contributed by atoms with Crippen LogP contribution >= 0.6 is 7.82 Å². The number of nitrogens with zero attached hydrogens (tertiary/aromatic N) is 1. The minimum atomic E-state index is -4.77. The van der Waals surface area contributed by atoms with Crippen LogP contribution in [0.15, 0.2) is 0 Å². The largest absolute Gasteiger partial charge is 0.756 e. The van der Waals surface area contributed by atoms with Gasteiger partial charge in [0.05, 0.1) is 21.1 Å². The number of hydrogen-bond acceptors (Lipinski definition) is 3. The lowest BCUT2D eigenvalue weighted by atomic mass is 9.89. The third kappa shape index (κ3) is 31.5. The Morgan fingerprint density at radius 1 is 0.548 bits per heavy atom. The Bertz CT molecular complexity index is 574. The molecule has 0 aliphatic rings. The second-order valence-corrected chi connectivity index (χ2v) is 15.6. The van der Waals surface area contributed by atoms with Gasteiger partial charge in [-0.25, -0.2) is 0 Å². The predicted octanol–water partition coefficient (Wildman–Crippen LogP) is 11.1. The summed E-state index contributed by atoms with van der Waals surface area (Å²) in [5.41, 5.74) is 0. The van der Waals surface area contributed by atoms with Crippen LogP contribution in [0.5, 0.6) is 0 Å². The van der Waals surface area contributed by atoms with Gasteiger partial charge in [0.2, 0.25) is 0 Å². The van der Waals surface area contributed by atoms with Crippen molar-refractivity contribution in [2.45, 2.75) is 200 Å². The van der Waals surface area contributed by atoms with Gasteiger partial charge in [-0.1, -0.05) is 181 Å². The number of rotatable bonds is 33. The number of hydrogen-bond donors (Lipinski definition) is 1. The molecule has 5 nitrogen and oxygen atoms in total. The van der Waals surface area contributed by atoms with Crippen molar-refractivity contribution in [3.63, 3.8) is 0 Å². The lowest BCUT2D eigenvalue weighted by Crippen LogP contribution is -2.45. The van der Waals surface area contributed by atoms with Crippen molar-refractivity contribution >= 4 is 7.82 Å². The van der Waals surface area contributed by atoms with E-state index in [0.717, 1.165) is 25.7 Å². The maximum absolute atomic E-state index is 11.8. The molecular weight excluding hydrogens is 541 g/mol. The zero-order valence-electron chi connectivity index (χ0n) is 29.2. The van der Waals surface area contributed by atoms with Crippen molar-refractivity contribution in [2.75, 3.05) is 27.7 Å². The highest BCUT2D eigenvalue weighted by Gasteiger charge is 2.30. The highest BCUT2D eigenvalue weighted by atomic mass is 31.2. The summed E-state index contributed by atoms with van der Waals surface area (Å²) in [6.07, 6.45) is 36.1. The van der Waals surface area contributed by atoms with E-state index in [1.54, 1.807) is 0 Å². The van der Waals surface area contributed by atoms with Crippen LogP contribution in [0, 0.1) is 5.92 Å². The molecule has 0 spiro atoms. The molecule has 6 heteroatoms. The summed E-state index contributed by atoms with van der Waals surface area (Å²) >= 11 is 0. The molecule has 2 atom stereocenters. The van der Waals surface area contributed by atoms with E-state index in [9.17, 15) is 14.4 Å². The zero-order chi connectivity index (χ0) is 31.4. The molecule has 2 unspecified atom stereocenters. The van der Waals surface area contributed by atoms with E-state index >= 15 is 0 Å². The van der Waals surface area contributed by atoms with E-state index in [-0.39, 0.29) is 5.92 Å². The van der Waals surface area contributed by atoms with E-state index in [4.69, 9.17) is 4.52 Å². The first-order chi connectivity index (χ1) is 20.1. The second-order valence-electron chi connectivity index (χ2n) is 14.4. The Hall–Kier alpha value is 0.0700. The summed E-state index contributed by atoms with van der Waals surface area (Å²) in [4.78, 5) is 21.3. The Labute approximate surface area is 264 Å². The molecule has 254 valence electrons. The summed E-state index contributed by atoms with van der Waals surface area (Å²) in [6.45, 7) is 5.14. The molecule has 1 N–H and O–H groups in total. The topological polar surface area (TPSA) is 69.6 Å². The van der Waals surface area contributed by atoms with Crippen LogP contribution in [0.25, 0.3) is 0 Å². The molecule has 0 aliphatic carbocycles. The van der Waals surface area contributed by atoms with Gasteiger partial charge >= 0.3 is 0 Å². The SMILES string of the molecule is CCCCCCCCCCCCCCCC(CCCCCCCCCCCCCCC)C(C[N+](C)(C)C)OP(=O)([O-])O. The fourth-order valence-corrected chi connectivity index (χ4v) is 6.93. The normalized spacial score (nSPS) is 14.5. The number of likely N-dealkylation sites (N-methyl/N-ethyl adjacent to an activating group) is 1. The summed E-state index contributed by atoms with van der Waals surface area (Å²) in [6, 6.07) is 0. The lowest BCUT2D eigenvalue weighted by Gasteiger charge is -2.35. The fraction of sp³-hybridized carbons (Fsp3) is 1.00. The van der Waals surface area contributed by atoms with Crippen molar-refractivity contribution in [2.24, 2.45) is 5.92 Å². The van der Waals surface area contributed by atoms with E-state index in [2.05, 4.69) is 35.0 Å². The number of unbranched alkanes of at least 4 members (excludes halogenated alkanes) is 24. The third-order valence-electron chi connectivity index (χ3n) is 8.88. The first-order valence-electron chi connectivity index (χ1n) is 18.6. The molecular formula is C36H76NO4P. The molecule has 0 aromatic rings. The Balaban J connectivity index is 4.35. The summed E-state index contributed by atoms with van der Waals surface area (Å²) in [5.74, 6) is 0.178. The van der Waals surface area contributed by atoms with E-state index in [1.807, 2.05) is 0 Å². The van der Waals surface area contributed by atoms with Gasteiger partial charge in [-0.15, -0.1) is 0 Å². The molecule has 0 saturated heterocycles.